The Balaban J connectivity index is 2.73. The van der Waals surface area contributed by atoms with E-state index in [0.29, 0.717) is 0 Å². The molecule has 0 spiro atoms. The molecule has 18 heavy (non-hydrogen) atoms. The molecule has 0 aliphatic carbocycles. The molecular formula is C11H15FN4O2. The Morgan fingerprint density at radius 2 is 2.33 bits per heavy atom. The zero-order valence-corrected chi connectivity index (χ0v) is 10.2. The first kappa shape index (κ1) is 13.9. The quantitative estimate of drug-likeness (QED) is 0.357. The van der Waals surface area contributed by atoms with Gasteiger partial charge in [0, 0.05) is 25.7 Å². The van der Waals surface area contributed by atoms with Gasteiger partial charge in [-0.15, -0.1) is 0 Å². The molecule has 1 aromatic rings. The predicted molar refractivity (Wildman–Crippen MR) is 63.7 cm³/mol. The molecule has 3 N–H and O–H groups in total. The third-order valence-electron chi connectivity index (χ3n) is 2.47. The van der Waals surface area contributed by atoms with Crippen molar-refractivity contribution < 1.29 is 14.4 Å². The second kappa shape index (κ2) is 5.95. The maximum atomic E-state index is 12.9. The molecule has 1 rings (SSSR count). The molecule has 0 fully saturated rings. The highest BCUT2D eigenvalue weighted by atomic mass is 19.1. The standard InChI is InChI=1S/C11H15FN4O2/c1-7(10(13)15-18)6-16(2)11(17)8-3-9(12)5-14-4-8/h3-5,7,18H,6H2,1-2H3,(H2,13,15). The van der Waals surface area contributed by atoms with Crippen LogP contribution in [-0.4, -0.2) is 40.4 Å². The van der Waals surface area contributed by atoms with Gasteiger partial charge in [0.25, 0.3) is 5.91 Å². The smallest absolute Gasteiger partial charge is 0.255 e. The van der Waals surface area contributed by atoms with Crippen LogP contribution in [0.15, 0.2) is 23.6 Å². The van der Waals surface area contributed by atoms with E-state index < -0.39 is 5.82 Å². The van der Waals surface area contributed by atoms with Crippen molar-refractivity contribution in [3.63, 3.8) is 0 Å². The molecule has 0 aliphatic heterocycles. The fourth-order valence-corrected chi connectivity index (χ4v) is 1.43. The van der Waals surface area contributed by atoms with Gasteiger partial charge in [0.2, 0.25) is 0 Å². The summed E-state index contributed by atoms with van der Waals surface area (Å²) in [5.74, 6) is -1.21. The fourth-order valence-electron chi connectivity index (χ4n) is 1.43. The number of hydrogen-bond acceptors (Lipinski definition) is 4. The number of rotatable bonds is 4. The van der Waals surface area contributed by atoms with Crippen molar-refractivity contribution in [3.05, 3.63) is 29.8 Å². The summed E-state index contributed by atoms with van der Waals surface area (Å²) in [6.07, 6.45) is 2.31. The van der Waals surface area contributed by atoms with Gasteiger partial charge in [-0.3, -0.25) is 9.78 Å². The summed E-state index contributed by atoms with van der Waals surface area (Å²) in [7, 11) is 1.55. The molecule has 0 aromatic carbocycles. The van der Waals surface area contributed by atoms with E-state index in [9.17, 15) is 9.18 Å². The number of aromatic nitrogens is 1. The largest absolute Gasteiger partial charge is 0.409 e. The maximum absolute atomic E-state index is 12.9. The van der Waals surface area contributed by atoms with Crippen LogP contribution in [0.5, 0.6) is 0 Å². The number of pyridine rings is 1. The highest BCUT2D eigenvalue weighted by Gasteiger charge is 2.17. The minimum atomic E-state index is -0.571. The average Bonchev–Trinajstić information content (AvgIpc) is 2.36. The molecule has 1 heterocycles. The number of amides is 1. The summed E-state index contributed by atoms with van der Waals surface area (Å²) >= 11 is 0. The topological polar surface area (TPSA) is 91.8 Å². The molecule has 1 atom stereocenters. The van der Waals surface area contributed by atoms with Crippen LogP contribution >= 0.6 is 0 Å². The molecule has 1 unspecified atom stereocenters. The lowest BCUT2D eigenvalue weighted by Gasteiger charge is -2.20. The van der Waals surface area contributed by atoms with Crippen molar-refractivity contribution in [3.8, 4) is 0 Å². The lowest BCUT2D eigenvalue weighted by atomic mass is 10.1. The highest BCUT2D eigenvalue weighted by Crippen LogP contribution is 2.07. The Hall–Kier alpha value is -2.18. The summed E-state index contributed by atoms with van der Waals surface area (Å²) in [5, 5.41) is 11.4. The van der Waals surface area contributed by atoms with Crippen LogP contribution in [0.3, 0.4) is 0 Å². The summed E-state index contributed by atoms with van der Waals surface area (Å²) in [6, 6.07) is 1.11. The van der Waals surface area contributed by atoms with E-state index in [2.05, 4.69) is 10.1 Å². The van der Waals surface area contributed by atoms with E-state index in [1.54, 1.807) is 14.0 Å². The van der Waals surface area contributed by atoms with Gasteiger partial charge < -0.3 is 15.8 Å². The number of nitrogens with zero attached hydrogens (tertiary/aromatic N) is 3. The van der Waals surface area contributed by atoms with Gasteiger partial charge in [0.1, 0.15) is 11.7 Å². The fraction of sp³-hybridized carbons (Fsp3) is 0.364. The summed E-state index contributed by atoms with van der Waals surface area (Å²) in [4.78, 5) is 16.9. The van der Waals surface area contributed by atoms with Gasteiger partial charge in [-0.2, -0.15) is 0 Å². The number of oxime groups is 1. The normalized spacial score (nSPS) is 13.2. The van der Waals surface area contributed by atoms with Gasteiger partial charge in [-0.05, 0) is 6.07 Å². The van der Waals surface area contributed by atoms with Gasteiger partial charge >= 0.3 is 0 Å². The number of carbonyl (C=O) groups is 1. The van der Waals surface area contributed by atoms with Crippen LogP contribution in [0.4, 0.5) is 4.39 Å². The Bertz CT molecular complexity index is 464. The lowest BCUT2D eigenvalue weighted by molar-refractivity contribution is 0.0785. The minimum Gasteiger partial charge on any atom is -0.409 e. The van der Waals surface area contributed by atoms with Gasteiger partial charge in [0.05, 0.1) is 11.8 Å². The van der Waals surface area contributed by atoms with Crippen LogP contribution in [0, 0.1) is 11.7 Å². The van der Waals surface area contributed by atoms with Crippen molar-refractivity contribution in [2.75, 3.05) is 13.6 Å². The van der Waals surface area contributed by atoms with Crippen molar-refractivity contribution in [1.29, 1.82) is 0 Å². The predicted octanol–water partition coefficient (Wildman–Crippen LogP) is 0.675. The van der Waals surface area contributed by atoms with Crippen LogP contribution in [0.25, 0.3) is 0 Å². The molecule has 6 nitrogen and oxygen atoms in total. The van der Waals surface area contributed by atoms with Crippen molar-refractivity contribution >= 4 is 11.7 Å². The average molecular weight is 254 g/mol. The third-order valence-corrected chi connectivity index (χ3v) is 2.47. The molecule has 0 saturated heterocycles. The van der Waals surface area contributed by atoms with Crippen LogP contribution in [0.1, 0.15) is 17.3 Å². The summed E-state index contributed by atoms with van der Waals surface area (Å²) in [5.41, 5.74) is 5.57. The zero-order chi connectivity index (χ0) is 13.7. The third kappa shape index (κ3) is 3.41. The zero-order valence-electron chi connectivity index (χ0n) is 10.2. The van der Waals surface area contributed by atoms with E-state index in [4.69, 9.17) is 10.9 Å². The molecule has 98 valence electrons. The van der Waals surface area contributed by atoms with E-state index in [0.717, 1.165) is 12.3 Å². The first-order chi connectivity index (χ1) is 8.45. The first-order valence-electron chi connectivity index (χ1n) is 5.29. The first-order valence-corrected chi connectivity index (χ1v) is 5.29. The number of carbonyl (C=O) groups excluding carboxylic acids is 1. The maximum Gasteiger partial charge on any atom is 0.255 e. The second-order valence-electron chi connectivity index (χ2n) is 4.00. The molecular weight excluding hydrogens is 239 g/mol. The molecule has 0 saturated carbocycles. The number of nitrogens with two attached hydrogens (primary N) is 1. The second-order valence-corrected chi connectivity index (χ2v) is 4.00. The van der Waals surface area contributed by atoms with Crippen molar-refractivity contribution in [2.45, 2.75) is 6.92 Å². The Morgan fingerprint density at radius 1 is 1.67 bits per heavy atom. The van der Waals surface area contributed by atoms with Crippen molar-refractivity contribution in [1.82, 2.24) is 9.88 Å². The van der Waals surface area contributed by atoms with Gasteiger partial charge in [-0.25, -0.2) is 4.39 Å². The van der Waals surface area contributed by atoms with E-state index >= 15 is 0 Å². The number of hydrogen-bond donors (Lipinski definition) is 2. The number of halogens is 1. The lowest BCUT2D eigenvalue weighted by Crippen LogP contribution is -2.36. The molecule has 7 heteroatoms. The van der Waals surface area contributed by atoms with Crippen LogP contribution in [0.2, 0.25) is 0 Å². The van der Waals surface area contributed by atoms with E-state index in [-0.39, 0.29) is 29.8 Å². The molecule has 1 amide bonds. The SMILES string of the molecule is CC(CN(C)C(=O)c1cncc(F)c1)/C(N)=N/O. The van der Waals surface area contributed by atoms with Gasteiger partial charge in [-0.1, -0.05) is 12.1 Å². The Labute approximate surface area is 104 Å². The molecule has 0 bridgehead atoms. The molecule has 0 aliphatic rings. The summed E-state index contributed by atoms with van der Waals surface area (Å²) in [6.45, 7) is 1.97. The van der Waals surface area contributed by atoms with E-state index in [1.807, 2.05) is 0 Å². The Morgan fingerprint density at radius 3 is 2.89 bits per heavy atom. The van der Waals surface area contributed by atoms with Gasteiger partial charge in [0.15, 0.2) is 0 Å². The Kier molecular flexibility index (Phi) is 4.59. The highest BCUT2D eigenvalue weighted by molar-refractivity contribution is 5.94. The van der Waals surface area contributed by atoms with Crippen LogP contribution < -0.4 is 5.73 Å². The minimum absolute atomic E-state index is 0.0343. The summed E-state index contributed by atoms with van der Waals surface area (Å²) < 4.78 is 12.9. The number of amidine groups is 1. The molecule has 0 radical (unpaired) electrons. The monoisotopic (exact) mass is 254 g/mol. The van der Waals surface area contributed by atoms with Crippen LogP contribution in [-0.2, 0) is 0 Å². The molecule has 1 aromatic heterocycles. The van der Waals surface area contributed by atoms with Crippen molar-refractivity contribution in [2.24, 2.45) is 16.8 Å². The van der Waals surface area contributed by atoms with E-state index in [1.165, 1.54) is 11.1 Å².